The van der Waals surface area contributed by atoms with E-state index in [1.54, 1.807) is 0 Å². The number of nitrogens with one attached hydrogen (secondary N) is 1. The van der Waals surface area contributed by atoms with Gasteiger partial charge in [-0.3, -0.25) is 4.79 Å². The molecule has 0 fully saturated rings. The van der Waals surface area contributed by atoms with Gasteiger partial charge in [-0.05, 0) is 17.7 Å². The first-order valence-electron chi connectivity index (χ1n) is 3.89. The summed E-state index contributed by atoms with van der Waals surface area (Å²) in [7, 11) is 0. The number of aromatic nitrogens is 2. The van der Waals surface area contributed by atoms with Crippen molar-refractivity contribution in [3.8, 4) is 0 Å². The van der Waals surface area contributed by atoms with Crippen LogP contribution in [-0.4, -0.2) is 28.0 Å². The number of hydrogen-bond acceptors (Lipinski definition) is 3. The Bertz CT molecular complexity index is 436. The summed E-state index contributed by atoms with van der Waals surface area (Å²) in [6, 6.07) is 0.913. The van der Waals surface area contributed by atoms with E-state index in [-0.39, 0.29) is 0 Å². The van der Waals surface area contributed by atoms with Gasteiger partial charge in [-0.2, -0.15) is 22.0 Å². The van der Waals surface area contributed by atoms with Crippen molar-refractivity contribution in [1.82, 2.24) is 9.97 Å². The van der Waals surface area contributed by atoms with Crippen LogP contribution in [0.3, 0.4) is 0 Å². The van der Waals surface area contributed by atoms with Gasteiger partial charge in [0.1, 0.15) is 5.82 Å². The van der Waals surface area contributed by atoms with E-state index in [0.717, 1.165) is 12.3 Å². The fourth-order valence-electron chi connectivity index (χ4n) is 0.728. The fraction of sp³-hybridized carbons (Fsp3) is 0.286. The van der Waals surface area contributed by atoms with Gasteiger partial charge < -0.3 is 5.32 Å². The Morgan fingerprint density at radius 2 is 1.88 bits per heavy atom. The molecule has 4 nitrogen and oxygen atoms in total. The first kappa shape index (κ1) is 13.6. The van der Waals surface area contributed by atoms with Gasteiger partial charge in [-0.15, -0.1) is 0 Å². The van der Waals surface area contributed by atoms with Gasteiger partial charge in [-0.1, -0.05) is 0 Å². The van der Waals surface area contributed by atoms with Crippen LogP contribution in [0.5, 0.6) is 0 Å². The number of anilines is 1. The summed E-state index contributed by atoms with van der Waals surface area (Å²) < 4.78 is 60.4. The summed E-state index contributed by atoms with van der Waals surface area (Å²) in [5.41, 5.74) is 0. The molecule has 0 aliphatic rings. The highest BCUT2D eigenvalue weighted by molar-refractivity contribution is 6.28. The number of carbonyl (C=O) groups excluding carboxylic acids is 1. The van der Waals surface area contributed by atoms with Crippen LogP contribution in [0, 0.1) is 0 Å². The summed E-state index contributed by atoms with van der Waals surface area (Å²) in [5, 5.41) is 0.881. The SMILES string of the molecule is O=C(Nc1ccnc(Cl)n1)C(F)(F)C(F)(F)F. The van der Waals surface area contributed by atoms with Crippen molar-refractivity contribution in [2.45, 2.75) is 12.1 Å². The van der Waals surface area contributed by atoms with Crippen LogP contribution in [0.15, 0.2) is 12.3 Å². The molecule has 1 rings (SSSR count). The third-order valence-electron chi connectivity index (χ3n) is 1.51. The highest BCUT2D eigenvalue weighted by atomic mass is 35.5. The molecule has 1 aromatic heterocycles. The molecule has 0 aliphatic carbocycles. The van der Waals surface area contributed by atoms with Crippen molar-refractivity contribution in [1.29, 1.82) is 0 Å². The third-order valence-corrected chi connectivity index (χ3v) is 1.69. The van der Waals surface area contributed by atoms with Crippen LogP contribution in [0.2, 0.25) is 5.28 Å². The van der Waals surface area contributed by atoms with E-state index < -0.39 is 29.1 Å². The molecule has 0 saturated carbocycles. The molecule has 0 aliphatic heterocycles. The van der Waals surface area contributed by atoms with Gasteiger partial charge in [0.25, 0.3) is 0 Å². The Morgan fingerprint density at radius 3 is 2.35 bits per heavy atom. The molecule has 10 heteroatoms. The predicted octanol–water partition coefficient (Wildman–Crippen LogP) is 2.27. The first-order chi connectivity index (χ1) is 7.64. The monoisotopic (exact) mass is 275 g/mol. The maximum absolute atomic E-state index is 12.5. The second kappa shape index (κ2) is 4.40. The number of carbonyl (C=O) groups is 1. The van der Waals surface area contributed by atoms with Crippen LogP contribution < -0.4 is 5.32 Å². The normalized spacial score (nSPS) is 12.4. The van der Waals surface area contributed by atoms with Crippen molar-refractivity contribution in [2.24, 2.45) is 0 Å². The largest absolute Gasteiger partial charge is 0.463 e. The minimum absolute atomic E-state index is 0.405. The number of amides is 1. The number of alkyl halides is 5. The topological polar surface area (TPSA) is 54.9 Å². The lowest BCUT2D eigenvalue weighted by Gasteiger charge is -2.18. The molecule has 94 valence electrons. The summed E-state index contributed by atoms with van der Waals surface area (Å²) >= 11 is 5.25. The van der Waals surface area contributed by atoms with Gasteiger partial charge in [0, 0.05) is 6.20 Å². The summed E-state index contributed by atoms with van der Waals surface area (Å²) in [4.78, 5) is 17.3. The highest BCUT2D eigenvalue weighted by Gasteiger charge is 2.63. The van der Waals surface area contributed by atoms with E-state index in [0.29, 0.717) is 0 Å². The van der Waals surface area contributed by atoms with Crippen LogP contribution in [0.1, 0.15) is 0 Å². The molecule has 0 saturated heterocycles. The summed E-state index contributed by atoms with van der Waals surface area (Å²) in [5.74, 6) is -8.61. The second-order valence-corrected chi connectivity index (χ2v) is 3.08. The Kier molecular flexibility index (Phi) is 3.51. The lowest BCUT2D eigenvalue weighted by Crippen LogP contribution is -2.47. The van der Waals surface area contributed by atoms with Gasteiger partial charge in [-0.25, -0.2) is 9.97 Å². The second-order valence-electron chi connectivity index (χ2n) is 2.74. The standard InChI is InChI=1S/C7H3ClF5N3O/c8-5-14-2-1-3(16-5)15-4(17)6(9,10)7(11,12)13/h1-2H,(H,14,15,16,17). The molecule has 0 atom stereocenters. The zero-order valence-electron chi connectivity index (χ0n) is 7.73. The Balaban J connectivity index is 2.87. The minimum atomic E-state index is -5.98. The molecular formula is C7H3ClF5N3O. The number of rotatable bonds is 2. The van der Waals surface area contributed by atoms with E-state index in [4.69, 9.17) is 11.6 Å². The molecule has 0 spiro atoms. The fourth-order valence-corrected chi connectivity index (χ4v) is 0.875. The van der Waals surface area contributed by atoms with Crippen molar-refractivity contribution in [2.75, 3.05) is 5.32 Å². The molecule has 1 N–H and O–H groups in total. The quantitative estimate of drug-likeness (QED) is 0.665. The van der Waals surface area contributed by atoms with Crippen LogP contribution in [0.25, 0.3) is 0 Å². The lowest BCUT2D eigenvalue weighted by molar-refractivity contribution is -0.267. The Morgan fingerprint density at radius 1 is 1.29 bits per heavy atom. The summed E-state index contributed by atoms with van der Waals surface area (Å²) in [6.07, 6.45) is -5.00. The van der Waals surface area contributed by atoms with Crippen molar-refractivity contribution < 1.29 is 26.7 Å². The third kappa shape index (κ3) is 2.99. The lowest BCUT2D eigenvalue weighted by atomic mass is 10.3. The molecule has 1 aromatic rings. The molecule has 0 bridgehead atoms. The maximum atomic E-state index is 12.5. The van der Waals surface area contributed by atoms with Gasteiger partial charge >= 0.3 is 18.0 Å². The average Bonchev–Trinajstić information content (AvgIpc) is 2.15. The zero-order valence-corrected chi connectivity index (χ0v) is 8.48. The van der Waals surface area contributed by atoms with Gasteiger partial charge in [0.15, 0.2) is 0 Å². The number of nitrogens with zero attached hydrogens (tertiary/aromatic N) is 2. The number of hydrogen-bond donors (Lipinski definition) is 1. The molecule has 1 heterocycles. The molecule has 0 unspecified atom stereocenters. The van der Waals surface area contributed by atoms with E-state index in [9.17, 15) is 26.7 Å². The van der Waals surface area contributed by atoms with E-state index in [2.05, 4.69) is 9.97 Å². The van der Waals surface area contributed by atoms with Crippen molar-refractivity contribution >= 4 is 23.3 Å². The van der Waals surface area contributed by atoms with Gasteiger partial charge in [0.05, 0.1) is 0 Å². The minimum Gasteiger partial charge on any atom is -0.305 e. The highest BCUT2D eigenvalue weighted by Crippen LogP contribution is 2.36. The molecule has 17 heavy (non-hydrogen) atoms. The van der Waals surface area contributed by atoms with Crippen LogP contribution in [-0.2, 0) is 4.79 Å². The van der Waals surface area contributed by atoms with Crippen molar-refractivity contribution in [3.05, 3.63) is 17.5 Å². The zero-order chi connectivity index (χ0) is 13.3. The van der Waals surface area contributed by atoms with Crippen LogP contribution >= 0.6 is 11.6 Å². The van der Waals surface area contributed by atoms with E-state index in [1.165, 1.54) is 5.32 Å². The molecule has 0 radical (unpaired) electrons. The van der Waals surface area contributed by atoms with Crippen LogP contribution in [0.4, 0.5) is 27.8 Å². The molecule has 1 amide bonds. The summed E-state index contributed by atoms with van der Waals surface area (Å²) in [6.45, 7) is 0. The van der Waals surface area contributed by atoms with E-state index in [1.807, 2.05) is 0 Å². The Hall–Kier alpha value is -1.51. The predicted molar refractivity (Wildman–Crippen MR) is 46.7 cm³/mol. The maximum Gasteiger partial charge on any atom is 0.463 e. The molecule has 0 aromatic carbocycles. The smallest absolute Gasteiger partial charge is 0.305 e. The Labute approximate surface area is 95.8 Å². The average molecular weight is 276 g/mol. The first-order valence-corrected chi connectivity index (χ1v) is 4.27. The van der Waals surface area contributed by atoms with E-state index >= 15 is 0 Å². The van der Waals surface area contributed by atoms with Gasteiger partial charge in [0.2, 0.25) is 5.28 Å². The molecular weight excluding hydrogens is 273 g/mol. The van der Waals surface area contributed by atoms with Crippen molar-refractivity contribution in [3.63, 3.8) is 0 Å². The number of halogens is 6.